The van der Waals surface area contributed by atoms with Crippen LogP contribution in [0, 0.1) is 0 Å². The maximum Gasteiger partial charge on any atom is 0.257 e. The van der Waals surface area contributed by atoms with Crippen LogP contribution in [0.15, 0.2) is 36.4 Å². The predicted octanol–water partition coefficient (Wildman–Crippen LogP) is 5.50. The number of hydrogen-bond donors (Lipinski definition) is 1. The Morgan fingerprint density at radius 1 is 1.04 bits per heavy atom. The highest BCUT2D eigenvalue weighted by molar-refractivity contribution is 6.44. The Hall–Kier alpha value is -1.42. The molecule has 1 aliphatic rings. The molecule has 1 amide bonds. The maximum atomic E-state index is 12.5. The number of anilines is 2. The number of nitrogens with zero attached hydrogens (tertiary/aromatic N) is 1. The molecule has 2 aromatic rings. The summed E-state index contributed by atoms with van der Waals surface area (Å²) < 4.78 is 0. The molecule has 0 aromatic heterocycles. The van der Waals surface area contributed by atoms with Gasteiger partial charge in [0.15, 0.2) is 0 Å². The van der Waals surface area contributed by atoms with Crippen LogP contribution in [-0.4, -0.2) is 19.0 Å². The fourth-order valence-electron chi connectivity index (χ4n) is 2.71. The van der Waals surface area contributed by atoms with E-state index in [0.717, 1.165) is 31.6 Å². The zero-order valence-electron chi connectivity index (χ0n) is 12.3. The van der Waals surface area contributed by atoms with E-state index in [2.05, 4.69) is 10.2 Å². The molecule has 6 heteroatoms. The summed E-state index contributed by atoms with van der Waals surface area (Å²) in [5, 5.41) is 4.07. The monoisotopic (exact) mass is 368 g/mol. The lowest BCUT2D eigenvalue weighted by Crippen LogP contribution is -2.21. The van der Waals surface area contributed by atoms with Crippen LogP contribution < -0.4 is 10.2 Å². The van der Waals surface area contributed by atoms with Crippen LogP contribution in [0.4, 0.5) is 11.4 Å². The van der Waals surface area contributed by atoms with Gasteiger partial charge in [0.1, 0.15) is 0 Å². The van der Waals surface area contributed by atoms with E-state index in [4.69, 9.17) is 34.8 Å². The molecule has 0 aliphatic carbocycles. The molecule has 1 fully saturated rings. The van der Waals surface area contributed by atoms with Crippen LogP contribution in [0.25, 0.3) is 0 Å². The van der Waals surface area contributed by atoms with E-state index >= 15 is 0 Å². The summed E-state index contributed by atoms with van der Waals surface area (Å²) in [6, 6.07) is 10.5. The van der Waals surface area contributed by atoms with Crippen LogP contribution in [-0.2, 0) is 0 Å². The molecular weight excluding hydrogens is 355 g/mol. The van der Waals surface area contributed by atoms with E-state index in [0.29, 0.717) is 21.3 Å². The first-order chi connectivity index (χ1) is 11.1. The molecule has 1 heterocycles. The van der Waals surface area contributed by atoms with Crippen molar-refractivity contribution in [3.8, 4) is 0 Å². The Balaban J connectivity index is 1.91. The minimum Gasteiger partial charge on any atom is -0.370 e. The normalized spacial score (nSPS) is 14.1. The second kappa shape index (κ2) is 7.00. The predicted molar refractivity (Wildman–Crippen MR) is 97.3 cm³/mol. The number of benzene rings is 2. The molecule has 0 radical (unpaired) electrons. The Bertz CT molecular complexity index is 743. The van der Waals surface area contributed by atoms with Gasteiger partial charge in [-0.3, -0.25) is 4.79 Å². The van der Waals surface area contributed by atoms with Crippen molar-refractivity contribution in [1.82, 2.24) is 0 Å². The number of hydrogen-bond acceptors (Lipinski definition) is 2. The van der Waals surface area contributed by atoms with Gasteiger partial charge < -0.3 is 10.2 Å². The molecular formula is C17H15Cl3N2O. The van der Waals surface area contributed by atoms with Crippen LogP contribution in [0.1, 0.15) is 23.2 Å². The fraction of sp³-hybridized carbons (Fsp3) is 0.235. The van der Waals surface area contributed by atoms with Gasteiger partial charge in [-0.05, 0) is 43.2 Å². The second-order valence-electron chi connectivity index (χ2n) is 5.41. The molecule has 23 heavy (non-hydrogen) atoms. The summed E-state index contributed by atoms with van der Waals surface area (Å²) in [6.07, 6.45) is 2.30. The molecule has 1 aliphatic heterocycles. The molecule has 0 atom stereocenters. The van der Waals surface area contributed by atoms with Crippen molar-refractivity contribution < 1.29 is 4.79 Å². The quantitative estimate of drug-likeness (QED) is 0.775. The minimum absolute atomic E-state index is 0.247. The van der Waals surface area contributed by atoms with Crippen LogP contribution in [0.2, 0.25) is 15.1 Å². The van der Waals surface area contributed by atoms with Gasteiger partial charge in [-0.25, -0.2) is 0 Å². The summed E-state index contributed by atoms with van der Waals surface area (Å²) >= 11 is 18.2. The van der Waals surface area contributed by atoms with Gasteiger partial charge in [0.25, 0.3) is 5.91 Å². The van der Waals surface area contributed by atoms with Gasteiger partial charge in [0.05, 0.1) is 27.0 Å². The summed E-state index contributed by atoms with van der Waals surface area (Å²) in [7, 11) is 0. The van der Waals surface area contributed by atoms with E-state index in [1.54, 1.807) is 24.3 Å². The molecule has 2 aromatic carbocycles. The minimum atomic E-state index is -0.305. The number of carbonyl (C=O) groups is 1. The number of halogens is 3. The van der Waals surface area contributed by atoms with Crippen molar-refractivity contribution in [1.29, 1.82) is 0 Å². The fourth-order valence-corrected chi connectivity index (χ4v) is 3.27. The van der Waals surface area contributed by atoms with Gasteiger partial charge >= 0.3 is 0 Å². The average molecular weight is 370 g/mol. The van der Waals surface area contributed by atoms with E-state index in [9.17, 15) is 4.79 Å². The van der Waals surface area contributed by atoms with Gasteiger partial charge in [0.2, 0.25) is 0 Å². The first kappa shape index (κ1) is 16.4. The van der Waals surface area contributed by atoms with Crippen LogP contribution in [0.3, 0.4) is 0 Å². The third-order valence-electron chi connectivity index (χ3n) is 3.85. The Morgan fingerprint density at radius 2 is 1.78 bits per heavy atom. The summed E-state index contributed by atoms with van der Waals surface area (Å²) in [6.45, 7) is 1.95. The topological polar surface area (TPSA) is 32.3 Å². The summed E-state index contributed by atoms with van der Waals surface area (Å²) in [5.41, 5.74) is 1.99. The molecule has 0 saturated carbocycles. The number of carbonyl (C=O) groups excluding carboxylic acids is 1. The average Bonchev–Trinajstić information content (AvgIpc) is 3.04. The van der Waals surface area contributed by atoms with E-state index in [1.807, 2.05) is 12.1 Å². The van der Waals surface area contributed by atoms with Crippen molar-refractivity contribution in [3.63, 3.8) is 0 Å². The zero-order chi connectivity index (χ0) is 16.4. The number of nitrogens with one attached hydrogen (secondary N) is 1. The van der Waals surface area contributed by atoms with Crippen molar-refractivity contribution in [3.05, 3.63) is 57.0 Å². The standard InChI is InChI=1S/C17H15Cl3N2O/c18-11-6-7-15(22-8-1-2-9-22)14(10-11)21-17(23)12-4-3-5-13(19)16(12)20/h3-7,10H,1-2,8-9H2,(H,21,23). The van der Waals surface area contributed by atoms with E-state index in [-0.39, 0.29) is 10.9 Å². The molecule has 3 rings (SSSR count). The van der Waals surface area contributed by atoms with Crippen molar-refractivity contribution in [2.75, 3.05) is 23.3 Å². The van der Waals surface area contributed by atoms with Gasteiger partial charge in [-0.1, -0.05) is 40.9 Å². The molecule has 0 bridgehead atoms. The van der Waals surface area contributed by atoms with Crippen molar-refractivity contribution >= 4 is 52.1 Å². The highest BCUT2D eigenvalue weighted by Crippen LogP contribution is 2.33. The Kier molecular flexibility index (Phi) is 5.00. The molecule has 1 N–H and O–H groups in total. The number of rotatable bonds is 3. The summed E-state index contributed by atoms with van der Waals surface area (Å²) in [4.78, 5) is 14.8. The van der Waals surface area contributed by atoms with Crippen LogP contribution >= 0.6 is 34.8 Å². The molecule has 0 unspecified atom stereocenters. The van der Waals surface area contributed by atoms with Crippen LogP contribution in [0.5, 0.6) is 0 Å². The number of amides is 1. The Morgan fingerprint density at radius 3 is 2.52 bits per heavy atom. The maximum absolute atomic E-state index is 12.5. The van der Waals surface area contributed by atoms with Gasteiger partial charge in [-0.2, -0.15) is 0 Å². The molecule has 0 spiro atoms. The molecule has 120 valence electrons. The first-order valence-electron chi connectivity index (χ1n) is 7.36. The summed E-state index contributed by atoms with van der Waals surface area (Å²) in [5.74, 6) is -0.305. The lowest BCUT2D eigenvalue weighted by molar-refractivity contribution is 0.102. The van der Waals surface area contributed by atoms with Crippen molar-refractivity contribution in [2.24, 2.45) is 0 Å². The SMILES string of the molecule is O=C(Nc1cc(Cl)ccc1N1CCCC1)c1cccc(Cl)c1Cl. The van der Waals surface area contributed by atoms with Gasteiger partial charge in [0, 0.05) is 18.1 Å². The van der Waals surface area contributed by atoms with E-state index < -0.39 is 0 Å². The smallest absolute Gasteiger partial charge is 0.257 e. The van der Waals surface area contributed by atoms with E-state index in [1.165, 1.54) is 0 Å². The first-order valence-corrected chi connectivity index (χ1v) is 8.49. The van der Waals surface area contributed by atoms with Crippen molar-refractivity contribution in [2.45, 2.75) is 12.8 Å². The largest absolute Gasteiger partial charge is 0.370 e. The molecule has 1 saturated heterocycles. The highest BCUT2D eigenvalue weighted by atomic mass is 35.5. The lowest BCUT2D eigenvalue weighted by Gasteiger charge is -2.22. The zero-order valence-corrected chi connectivity index (χ0v) is 14.5. The lowest BCUT2D eigenvalue weighted by atomic mass is 10.2. The second-order valence-corrected chi connectivity index (χ2v) is 6.63. The van der Waals surface area contributed by atoms with Gasteiger partial charge in [-0.15, -0.1) is 0 Å². The third kappa shape index (κ3) is 3.57. The third-order valence-corrected chi connectivity index (χ3v) is 4.90. The Labute approximate surface area is 150 Å². The highest BCUT2D eigenvalue weighted by Gasteiger charge is 2.19. The molecule has 3 nitrogen and oxygen atoms in total.